The molecule has 1 aromatic heterocycles. The first-order chi connectivity index (χ1) is 11.8. The second kappa shape index (κ2) is 7.02. The van der Waals surface area contributed by atoms with Gasteiger partial charge in [-0.2, -0.15) is 13.2 Å². The van der Waals surface area contributed by atoms with Crippen LogP contribution in [0.5, 0.6) is 0 Å². The molecular formula is C17H20ClF3N2O2. The number of carbonyl (C=O) groups excluding carboxylic acids is 1. The van der Waals surface area contributed by atoms with Gasteiger partial charge in [0.15, 0.2) is 0 Å². The zero-order valence-corrected chi connectivity index (χ0v) is 14.4. The van der Waals surface area contributed by atoms with Crippen molar-refractivity contribution >= 4 is 17.5 Å². The summed E-state index contributed by atoms with van der Waals surface area (Å²) in [5, 5.41) is -0.531. The molecule has 1 unspecified atom stereocenters. The Morgan fingerprint density at radius 1 is 1.20 bits per heavy atom. The van der Waals surface area contributed by atoms with Crippen LogP contribution in [0.15, 0.2) is 17.1 Å². The normalized spacial score (nSPS) is 21.9. The fraction of sp³-hybridized carbons (Fsp3) is 0.647. The molecule has 0 aromatic carbocycles. The van der Waals surface area contributed by atoms with E-state index in [4.69, 9.17) is 11.6 Å². The Morgan fingerprint density at radius 3 is 2.52 bits per heavy atom. The average molecular weight is 377 g/mol. The highest BCUT2D eigenvalue weighted by atomic mass is 35.5. The SMILES string of the molecule is O=C(Cn1cc(C(F)(F)F)cc(Cl)c1=O)N1CCCC1C1CCCC1. The molecule has 0 radical (unpaired) electrons. The number of hydrogen-bond acceptors (Lipinski definition) is 2. The molecule has 1 aliphatic carbocycles. The molecule has 2 aliphatic rings. The largest absolute Gasteiger partial charge is 0.417 e. The van der Waals surface area contributed by atoms with Crippen molar-refractivity contribution in [3.05, 3.63) is 33.2 Å². The van der Waals surface area contributed by atoms with E-state index < -0.39 is 28.9 Å². The highest BCUT2D eigenvalue weighted by Gasteiger charge is 2.36. The molecule has 1 saturated heterocycles. The molecular weight excluding hydrogens is 357 g/mol. The molecule has 3 rings (SSSR count). The topological polar surface area (TPSA) is 42.3 Å². The number of rotatable bonds is 3. The number of amides is 1. The van der Waals surface area contributed by atoms with E-state index in [1.54, 1.807) is 4.90 Å². The molecule has 1 atom stereocenters. The van der Waals surface area contributed by atoms with Crippen molar-refractivity contribution in [2.75, 3.05) is 6.54 Å². The smallest absolute Gasteiger partial charge is 0.338 e. The minimum atomic E-state index is -4.62. The first-order valence-electron chi connectivity index (χ1n) is 8.54. The maximum atomic E-state index is 12.9. The second-order valence-corrected chi connectivity index (χ2v) is 7.26. The predicted octanol–water partition coefficient (Wildman–Crippen LogP) is 3.70. The third kappa shape index (κ3) is 3.86. The Balaban J connectivity index is 1.80. The Hall–Kier alpha value is -1.50. The van der Waals surface area contributed by atoms with Crippen molar-refractivity contribution in [1.29, 1.82) is 0 Å². The average Bonchev–Trinajstić information content (AvgIpc) is 3.20. The minimum absolute atomic E-state index is 0.145. The Bertz CT molecular complexity index is 711. The zero-order chi connectivity index (χ0) is 18.2. The molecule has 1 amide bonds. The molecule has 25 heavy (non-hydrogen) atoms. The lowest BCUT2D eigenvalue weighted by molar-refractivity contribution is -0.139. The third-order valence-electron chi connectivity index (χ3n) is 5.24. The van der Waals surface area contributed by atoms with E-state index in [2.05, 4.69) is 0 Å². The summed E-state index contributed by atoms with van der Waals surface area (Å²) < 4.78 is 39.5. The summed E-state index contributed by atoms with van der Waals surface area (Å²) in [7, 11) is 0. The van der Waals surface area contributed by atoms with Crippen LogP contribution in [0.25, 0.3) is 0 Å². The summed E-state index contributed by atoms with van der Waals surface area (Å²) in [6.07, 6.45) is 2.36. The van der Waals surface area contributed by atoms with Gasteiger partial charge in [0.1, 0.15) is 11.6 Å². The van der Waals surface area contributed by atoms with Gasteiger partial charge < -0.3 is 9.47 Å². The predicted molar refractivity (Wildman–Crippen MR) is 87.4 cm³/mol. The van der Waals surface area contributed by atoms with E-state index >= 15 is 0 Å². The van der Waals surface area contributed by atoms with Crippen LogP contribution in [-0.4, -0.2) is 28.0 Å². The van der Waals surface area contributed by atoms with Crippen molar-refractivity contribution in [3.63, 3.8) is 0 Å². The number of pyridine rings is 1. The molecule has 1 aliphatic heterocycles. The van der Waals surface area contributed by atoms with E-state index in [-0.39, 0.29) is 11.9 Å². The monoisotopic (exact) mass is 376 g/mol. The van der Waals surface area contributed by atoms with E-state index in [9.17, 15) is 22.8 Å². The van der Waals surface area contributed by atoms with Crippen LogP contribution in [0.4, 0.5) is 13.2 Å². The van der Waals surface area contributed by atoms with Crippen molar-refractivity contribution in [3.8, 4) is 0 Å². The molecule has 4 nitrogen and oxygen atoms in total. The van der Waals surface area contributed by atoms with Gasteiger partial charge >= 0.3 is 6.18 Å². The maximum Gasteiger partial charge on any atom is 0.417 e. The molecule has 0 N–H and O–H groups in total. The Morgan fingerprint density at radius 2 is 1.88 bits per heavy atom. The zero-order valence-electron chi connectivity index (χ0n) is 13.7. The number of hydrogen-bond donors (Lipinski definition) is 0. The standard InChI is InChI=1S/C17H20ClF3N2O2/c18-13-8-12(17(19,20)21)9-22(16(13)25)10-15(24)23-7-3-6-14(23)11-4-1-2-5-11/h8-9,11,14H,1-7,10H2. The van der Waals surface area contributed by atoms with Gasteiger partial charge in [0, 0.05) is 18.8 Å². The van der Waals surface area contributed by atoms with Gasteiger partial charge in [-0.25, -0.2) is 0 Å². The van der Waals surface area contributed by atoms with Gasteiger partial charge in [-0.3, -0.25) is 9.59 Å². The molecule has 1 aromatic rings. The number of halogens is 4. The summed E-state index contributed by atoms with van der Waals surface area (Å²) in [6.45, 7) is 0.188. The number of nitrogens with zero attached hydrogens (tertiary/aromatic N) is 2. The van der Waals surface area contributed by atoms with Crippen LogP contribution in [0.3, 0.4) is 0 Å². The second-order valence-electron chi connectivity index (χ2n) is 6.85. The van der Waals surface area contributed by atoms with Crippen molar-refractivity contribution in [1.82, 2.24) is 9.47 Å². The number of aromatic nitrogens is 1. The van der Waals surface area contributed by atoms with Crippen LogP contribution in [0.2, 0.25) is 5.02 Å². The summed E-state index contributed by atoms with van der Waals surface area (Å²) in [4.78, 5) is 26.4. The van der Waals surface area contributed by atoms with Gasteiger partial charge in [0.2, 0.25) is 5.91 Å². The number of carbonyl (C=O) groups is 1. The fourth-order valence-corrected chi connectivity index (χ4v) is 4.27. The molecule has 2 fully saturated rings. The summed E-state index contributed by atoms with van der Waals surface area (Å²) in [5.74, 6) is 0.153. The molecule has 138 valence electrons. The summed E-state index contributed by atoms with van der Waals surface area (Å²) >= 11 is 5.64. The van der Waals surface area contributed by atoms with Crippen molar-refractivity contribution < 1.29 is 18.0 Å². The van der Waals surface area contributed by atoms with Crippen LogP contribution < -0.4 is 5.56 Å². The highest BCUT2D eigenvalue weighted by molar-refractivity contribution is 6.30. The van der Waals surface area contributed by atoms with Crippen LogP contribution in [-0.2, 0) is 17.5 Å². The Labute approximate surface area is 148 Å². The summed E-state index contributed by atoms with van der Waals surface area (Å²) in [5.41, 5.74) is -1.81. The lowest BCUT2D eigenvalue weighted by Gasteiger charge is -2.29. The fourth-order valence-electron chi connectivity index (χ4n) is 4.04. The first kappa shape index (κ1) is 18.3. The van der Waals surface area contributed by atoms with E-state index in [0.717, 1.165) is 43.1 Å². The molecule has 0 bridgehead atoms. The van der Waals surface area contributed by atoms with E-state index in [0.29, 0.717) is 24.7 Å². The Kier molecular flexibility index (Phi) is 5.14. The van der Waals surface area contributed by atoms with E-state index in [1.165, 1.54) is 0 Å². The van der Waals surface area contributed by atoms with Crippen LogP contribution in [0, 0.1) is 5.92 Å². The van der Waals surface area contributed by atoms with E-state index in [1.807, 2.05) is 0 Å². The van der Waals surface area contributed by atoms with Gasteiger partial charge in [0.05, 0.1) is 5.56 Å². The van der Waals surface area contributed by atoms with Crippen LogP contribution in [0.1, 0.15) is 44.1 Å². The minimum Gasteiger partial charge on any atom is -0.338 e. The molecule has 0 spiro atoms. The van der Waals surface area contributed by atoms with Gasteiger partial charge in [0.25, 0.3) is 5.56 Å². The molecule has 2 heterocycles. The quantitative estimate of drug-likeness (QED) is 0.807. The van der Waals surface area contributed by atoms with Crippen molar-refractivity contribution in [2.45, 2.75) is 57.3 Å². The number of likely N-dealkylation sites (tertiary alicyclic amines) is 1. The lowest BCUT2D eigenvalue weighted by atomic mass is 9.96. The maximum absolute atomic E-state index is 12.9. The van der Waals surface area contributed by atoms with Gasteiger partial charge in [-0.1, -0.05) is 24.4 Å². The van der Waals surface area contributed by atoms with Crippen LogP contribution >= 0.6 is 11.6 Å². The van der Waals surface area contributed by atoms with Gasteiger partial charge in [-0.05, 0) is 37.7 Å². The van der Waals surface area contributed by atoms with Crippen molar-refractivity contribution in [2.24, 2.45) is 5.92 Å². The molecule has 8 heteroatoms. The highest BCUT2D eigenvalue weighted by Crippen LogP contribution is 2.35. The van der Waals surface area contributed by atoms with Gasteiger partial charge in [-0.15, -0.1) is 0 Å². The summed E-state index contributed by atoms with van der Waals surface area (Å²) in [6, 6.07) is 0.745. The third-order valence-corrected chi connectivity index (χ3v) is 5.51. The number of alkyl halides is 3. The lowest BCUT2D eigenvalue weighted by Crippen LogP contribution is -2.42. The first-order valence-corrected chi connectivity index (χ1v) is 8.92. The molecule has 1 saturated carbocycles.